The van der Waals surface area contributed by atoms with Gasteiger partial charge in [0, 0.05) is 5.75 Å². The molecular weight excluding hydrogens is 236 g/mol. The predicted molar refractivity (Wildman–Crippen MR) is 68.3 cm³/mol. The number of rotatable bonds is 8. The topological polar surface area (TPSA) is 34.1 Å². The lowest BCUT2D eigenvalue weighted by Gasteiger charge is -1.95. The van der Waals surface area contributed by atoms with Crippen molar-refractivity contribution in [1.82, 2.24) is 0 Å². The SMILES string of the molecule is C=CCS(=O)(=O)C/C=C/SSCCC. The predicted octanol–water partition coefficient (Wildman–Crippen LogP) is 2.89. The summed E-state index contributed by atoms with van der Waals surface area (Å²) in [5.74, 6) is 1.26. The van der Waals surface area contributed by atoms with Gasteiger partial charge in [-0.2, -0.15) is 0 Å². The first-order chi connectivity index (χ1) is 6.62. The van der Waals surface area contributed by atoms with Crippen LogP contribution in [0.4, 0.5) is 0 Å². The number of hydrogen-bond donors (Lipinski definition) is 0. The summed E-state index contributed by atoms with van der Waals surface area (Å²) < 4.78 is 22.4. The standard InChI is InChI=1S/C9H16O2S3/c1-3-6-12-13-7-5-9-14(10,11)8-4-2/h4-5,7H,2-3,6,8-9H2,1H3/b7-5+. The van der Waals surface area contributed by atoms with Crippen LogP contribution in [0, 0.1) is 0 Å². The third-order valence-electron chi connectivity index (χ3n) is 1.23. The highest BCUT2D eigenvalue weighted by atomic mass is 33.1. The summed E-state index contributed by atoms with van der Waals surface area (Å²) in [5, 5.41) is 1.83. The lowest BCUT2D eigenvalue weighted by atomic mass is 10.6. The Hall–Kier alpha value is 0.130. The zero-order valence-electron chi connectivity index (χ0n) is 8.31. The van der Waals surface area contributed by atoms with Gasteiger partial charge in [-0.1, -0.05) is 40.7 Å². The van der Waals surface area contributed by atoms with Gasteiger partial charge >= 0.3 is 0 Å². The Labute approximate surface area is 94.6 Å². The monoisotopic (exact) mass is 252 g/mol. The average Bonchev–Trinajstić information content (AvgIpc) is 2.11. The van der Waals surface area contributed by atoms with Crippen LogP contribution in [0.15, 0.2) is 24.1 Å². The Bertz CT molecular complexity index is 268. The molecule has 0 spiro atoms. The van der Waals surface area contributed by atoms with Gasteiger partial charge in [-0.3, -0.25) is 0 Å². The van der Waals surface area contributed by atoms with Crippen LogP contribution in [0.25, 0.3) is 0 Å². The van der Waals surface area contributed by atoms with Crippen LogP contribution in [-0.4, -0.2) is 25.7 Å². The van der Waals surface area contributed by atoms with Crippen molar-refractivity contribution in [3.63, 3.8) is 0 Å². The van der Waals surface area contributed by atoms with Gasteiger partial charge in [0.2, 0.25) is 0 Å². The zero-order valence-corrected chi connectivity index (χ0v) is 10.8. The van der Waals surface area contributed by atoms with Crippen molar-refractivity contribution in [1.29, 1.82) is 0 Å². The van der Waals surface area contributed by atoms with Crippen molar-refractivity contribution >= 4 is 31.4 Å². The van der Waals surface area contributed by atoms with Crippen LogP contribution in [0.3, 0.4) is 0 Å². The van der Waals surface area contributed by atoms with Gasteiger partial charge in [-0.05, 0) is 11.8 Å². The molecule has 0 aromatic carbocycles. The Kier molecular flexibility index (Phi) is 8.52. The van der Waals surface area contributed by atoms with Crippen molar-refractivity contribution < 1.29 is 8.42 Å². The van der Waals surface area contributed by atoms with Gasteiger partial charge in [-0.15, -0.1) is 6.58 Å². The van der Waals surface area contributed by atoms with Crippen LogP contribution in [-0.2, 0) is 9.84 Å². The van der Waals surface area contributed by atoms with Crippen molar-refractivity contribution in [2.75, 3.05) is 17.3 Å². The Morgan fingerprint density at radius 1 is 1.36 bits per heavy atom. The summed E-state index contributed by atoms with van der Waals surface area (Å²) in [4.78, 5) is 0. The fraction of sp³-hybridized carbons (Fsp3) is 0.556. The molecule has 0 saturated heterocycles. The number of hydrogen-bond acceptors (Lipinski definition) is 4. The molecular formula is C9H16O2S3. The van der Waals surface area contributed by atoms with E-state index in [0.717, 1.165) is 12.2 Å². The Morgan fingerprint density at radius 2 is 2.07 bits per heavy atom. The molecule has 0 rings (SSSR count). The van der Waals surface area contributed by atoms with Crippen LogP contribution < -0.4 is 0 Å². The van der Waals surface area contributed by atoms with Crippen LogP contribution in [0.1, 0.15) is 13.3 Å². The third kappa shape index (κ3) is 8.72. The maximum atomic E-state index is 11.2. The van der Waals surface area contributed by atoms with E-state index < -0.39 is 9.84 Å². The summed E-state index contributed by atoms with van der Waals surface area (Å²) in [6, 6.07) is 0. The van der Waals surface area contributed by atoms with Crippen molar-refractivity contribution in [2.45, 2.75) is 13.3 Å². The summed E-state index contributed by atoms with van der Waals surface area (Å²) in [5.41, 5.74) is 0. The highest BCUT2D eigenvalue weighted by Gasteiger charge is 2.03. The minimum Gasteiger partial charge on any atom is -0.228 e. The van der Waals surface area contributed by atoms with E-state index in [1.807, 2.05) is 5.41 Å². The molecule has 0 aromatic heterocycles. The fourth-order valence-electron chi connectivity index (χ4n) is 0.644. The van der Waals surface area contributed by atoms with Gasteiger partial charge in [-0.25, -0.2) is 8.42 Å². The van der Waals surface area contributed by atoms with Gasteiger partial charge in [0.25, 0.3) is 0 Å². The van der Waals surface area contributed by atoms with Gasteiger partial charge in [0.15, 0.2) is 9.84 Å². The maximum absolute atomic E-state index is 11.2. The summed E-state index contributed by atoms with van der Waals surface area (Å²) >= 11 is 0. The minimum absolute atomic E-state index is 0.0596. The van der Waals surface area contributed by atoms with Gasteiger partial charge < -0.3 is 0 Å². The normalized spacial score (nSPS) is 12.1. The second kappa shape index (κ2) is 8.44. The largest absolute Gasteiger partial charge is 0.228 e. The van der Waals surface area contributed by atoms with Crippen LogP contribution in [0.5, 0.6) is 0 Å². The van der Waals surface area contributed by atoms with E-state index in [0.29, 0.717) is 0 Å². The molecule has 0 atom stereocenters. The van der Waals surface area contributed by atoms with E-state index in [1.165, 1.54) is 6.08 Å². The molecule has 0 unspecified atom stereocenters. The van der Waals surface area contributed by atoms with Gasteiger partial charge in [0.1, 0.15) is 0 Å². The smallest absolute Gasteiger partial charge is 0.157 e. The molecule has 0 radical (unpaired) electrons. The lowest BCUT2D eigenvalue weighted by Crippen LogP contribution is -2.06. The van der Waals surface area contributed by atoms with E-state index in [1.54, 1.807) is 27.7 Å². The molecule has 0 fully saturated rings. The molecule has 14 heavy (non-hydrogen) atoms. The molecule has 82 valence electrons. The average molecular weight is 252 g/mol. The quantitative estimate of drug-likeness (QED) is 0.378. The Balaban J connectivity index is 3.65. The summed E-state index contributed by atoms with van der Waals surface area (Å²) in [6.07, 6.45) is 4.24. The molecule has 0 bridgehead atoms. The summed E-state index contributed by atoms with van der Waals surface area (Å²) in [7, 11) is 0.363. The first-order valence-corrected chi connectivity index (χ1v) is 8.57. The first kappa shape index (κ1) is 14.1. The molecule has 0 saturated carbocycles. The van der Waals surface area contributed by atoms with E-state index in [2.05, 4.69) is 13.5 Å². The lowest BCUT2D eigenvalue weighted by molar-refractivity contribution is 0.602. The molecule has 2 nitrogen and oxygen atoms in total. The molecule has 0 aliphatic carbocycles. The van der Waals surface area contributed by atoms with E-state index in [4.69, 9.17) is 0 Å². The van der Waals surface area contributed by atoms with E-state index in [9.17, 15) is 8.42 Å². The second-order valence-corrected chi connectivity index (χ2v) is 7.20. The molecule has 0 aliphatic rings. The third-order valence-corrected chi connectivity index (χ3v) is 4.93. The second-order valence-electron chi connectivity index (χ2n) is 2.66. The zero-order chi connectivity index (χ0) is 10.9. The highest BCUT2D eigenvalue weighted by Crippen LogP contribution is 2.22. The summed E-state index contributed by atoms with van der Waals surface area (Å²) in [6.45, 7) is 5.52. The van der Waals surface area contributed by atoms with Crippen molar-refractivity contribution in [3.05, 3.63) is 24.1 Å². The molecule has 0 aliphatic heterocycles. The van der Waals surface area contributed by atoms with Gasteiger partial charge in [0.05, 0.1) is 11.5 Å². The highest BCUT2D eigenvalue weighted by molar-refractivity contribution is 8.77. The molecule has 0 aromatic rings. The van der Waals surface area contributed by atoms with Crippen molar-refractivity contribution in [2.24, 2.45) is 0 Å². The van der Waals surface area contributed by atoms with Crippen molar-refractivity contribution in [3.8, 4) is 0 Å². The fourth-order valence-corrected chi connectivity index (χ4v) is 3.43. The minimum atomic E-state index is -2.95. The van der Waals surface area contributed by atoms with Crippen LogP contribution >= 0.6 is 21.6 Å². The number of sulfone groups is 1. The van der Waals surface area contributed by atoms with E-state index >= 15 is 0 Å². The van der Waals surface area contributed by atoms with Crippen LogP contribution in [0.2, 0.25) is 0 Å². The Morgan fingerprint density at radius 3 is 2.64 bits per heavy atom. The molecule has 0 N–H and O–H groups in total. The molecule has 0 amide bonds. The first-order valence-electron chi connectivity index (χ1n) is 4.37. The molecule has 0 heterocycles. The maximum Gasteiger partial charge on any atom is 0.157 e. The van der Waals surface area contributed by atoms with E-state index in [-0.39, 0.29) is 11.5 Å². The molecule has 5 heteroatoms.